The third-order valence-corrected chi connectivity index (χ3v) is 11.8. The first-order valence-electron chi connectivity index (χ1n) is 17.7. The van der Waals surface area contributed by atoms with Gasteiger partial charge in [-0.3, -0.25) is 19.7 Å². The number of likely N-dealkylation sites (tertiary alicyclic amines) is 1. The van der Waals surface area contributed by atoms with E-state index in [-0.39, 0.29) is 23.4 Å². The molecule has 2 aromatic carbocycles. The Morgan fingerprint density at radius 1 is 0.940 bits per heavy atom. The molecule has 3 N–H and O–H groups in total. The van der Waals surface area contributed by atoms with E-state index in [4.69, 9.17) is 9.47 Å². The number of thioether (sulfide) groups is 1. The number of carbonyl (C=O) groups is 2. The summed E-state index contributed by atoms with van der Waals surface area (Å²) in [5.41, 5.74) is 0.924. The van der Waals surface area contributed by atoms with Crippen LogP contribution in [0.3, 0.4) is 0 Å². The summed E-state index contributed by atoms with van der Waals surface area (Å²) in [5, 5.41) is 5.65. The van der Waals surface area contributed by atoms with Gasteiger partial charge in [-0.2, -0.15) is 11.8 Å². The Bertz CT molecular complexity index is 1750. The highest BCUT2D eigenvalue weighted by Crippen LogP contribution is 2.30. The van der Waals surface area contributed by atoms with Gasteiger partial charge in [0, 0.05) is 61.8 Å². The van der Waals surface area contributed by atoms with Crippen molar-refractivity contribution in [1.29, 1.82) is 0 Å². The van der Waals surface area contributed by atoms with Gasteiger partial charge < -0.3 is 29.6 Å². The monoisotopic (exact) mass is 710 g/mol. The van der Waals surface area contributed by atoms with Gasteiger partial charge >= 0.3 is 0 Å². The quantitative estimate of drug-likeness (QED) is 0.257. The average molecular weight is 711 g/mol. The molecule has 4 aliphatic heterocycles. The normalized spacial score (nSPS) is 21.8. The van der Waals surface area contributed by atoms with Crippen LogP contribution in [0, 0.1) is 17.6 Å². The fourth-order valence-corrected chi connectivity index (χ4v) is 8.52. The predicted octanol–water partition coefficient (Wildman–Crippen LogP) is 4.59. The number of benzene rings is 2. The van der Waals surface area contributed by atoms with Gasteiger partial charge in [0.05, 0.1) is 23.6 Å². The van der Waals surface area contributed by atoms with Crippen LogP contribution in [-0.4, -0.2) is 90.0 Å². The number of aromatic nitrogens is 2. The van der Waals surface area contributed by atoms with Gasteiger partial charge in [0.25, 0.3) is 5.56 Å². The lowest BCUT2D eigenvalue weighted by atomic mass is 9.94. The van der Waals surface area contributed by atoms with E-state index >= 15 is 8.78 Å². The summed E-state index contributed by atoms with van der Waals surface area (Å²) in [4.78, 5) is 48.2. The largest absolute Gasteiger partial charge is 0.493 e. The number of hydrogen-bond donors (Lipinski definition) is 3. The summed E-state index contributed by atoms with van der Waals surface area (Å²) in [6, 6.07) is 7.86. The Morgan fingerprint density at radius 2 is 1.72 bits per heavy atom. The molecule has 0 bridgehead atoms. The number of H-pyrrole nitrogens is 1. The molecule has 0 radical (unpaired) electrons. The lowest BCUT2D eigenvalue weighted by Gasteiger charge is -2.42. The molecular formula is C36H44F2N6O5S. The van der Waals surface area contributed by atoms with E-state index in [1.807, 2.05) is 6.07 Å². The molecule has 0 aliphatic carbocycles. The van der Waals surface area contributed by atoms with E-state index in [2.05, 4.69) is 30.4 Å². The molecule has 268 valence electrons. The molecule has 4 fully saturated rings. The molecule has 1 atom stereocenters. The number of rotatable bonds is 10. The lowest BCUT2D eigenvalue weighted by Crippen LogP contribution is -2.48. The van der Waals surface area contributed by atoms with Crippen molar-refractivity contribution in [3.8, 4) is 5.75 Å². The number of fused-ring (bicyclic) bond motifs is 1. The van der Waals surface area contributed by atoms with Crippen LogP contribution in [0.4, 0.5) is 20.2 Å². The first-order valence-corrected chi connectivity index (χ1v) is 18.8. The number of nitrogens with zero attached hydrogens (tertiary/aromatic N) is 3. The van der Waals surface area contributed by atoms with Crippen molar-refractivity contribution in [3.05, 3.63) is 58.1 Å². The minimum atomic E-state index is -0.629. The third kappa shape index (κ3) is 8.24. The molecule has 1 unspecified atom stereocenters. The van der Waals surface area contributed by atoms with E-state index < -0.39 is 29.1 Å². The van der Waals surface area contributed by atoms with Crippen LogP contribution in [0.2, 0.25) is 0 Å². The molecule has 50 heavy (non-hydrogen) atoms. The molecule has 4 saturated heterocycles. The highest BCUT2D eigenvalue weighted by molar-refractivity contribution is 7.99. The Hall–Kier alpha value is -3.75. The van der Waals surface area contributed by atoms with Crippen molar-refractivity contribution in [2.75, 3.05) is 56.2 Å². The SMILES string of the molecule is O=C1CCC(Nc2ccc(N3CCC(N4CCC(COc5cc(F)c6c(=O)[nH]c(CSC7CCOCC7)nc6c5)CC4)CC3)cc2F)C(=O)N1. The van der Waals surface area contributed by atoms with Gasteiger partial charge in [-0.1, -0.05) is 0 Å². The minimum Gasteiger partial charge on any atom is -0.493 e. The van der Waals surface area contributed by atoms with Crippen molar-refractivity contribution in [2.24, 2.45) is 5.92 Å². The second-order valence-electron chi connectivity index (χ2n) is 13.8. The standard InChI is InChI=1S/C36H44F2N6O5S/c37-27-17-24(1-2-29(27)39-30-3-4-33(45)42-35(30)46)44-13-7-23(8-14-44)43-11-5-22(6-12-43)20-49-25-18-28(38)34-31(19-25)40-32(41-36(34)47)21-50-26-9-15-48-16-10-26/h1-2,17-19,22-23,26,30,39H,3-16,20-21H2,(H,40,41,47)(H,42,45,46). The maximum atomic E-state index is 15.0. The van der Waals surface area contributed by atoms with E-state index in [9.17, 15) is 14.4 Å². The van der Waals surface area contributed by atoms with Crippen molar-refractivity contribution in [1.82, 2.24) is 20.2 Å². The molecule has 7 rings (SSSR count). The molecule has 14 heteroatoms. The highest BCUT2D eigenvalue weighted by atomic mass is 32.2. The van der Waals surface area contributed by atoms with Crippen molar-refractivity contribution < 1.29 is 27.8 Å². The number of hydrogen-bond acceptors (Lipinski definition) is 10. The number of ether oxygens (including phenoxy) is 2. The van der Waals surface area contributed by atoms with E-state index in [1.165, 1.54) is 12.1 Å². The van der Waals surface area contributed by atoms with Crippen LogP contribution < -0.4 is 25.8 Å². The molecule has 3 aromatic rings. The number of nitrogens with one attached hydrogen (secondary N) is 3. The second kappa shape index (κ2) is 15.6. The average Bonchev–Trinajstić information content (AvgIpc) is 3.12. The van der Waals surface area contributed by atoms with Gasteiger partial charge in [-0.25, -0.2) is 13.8 Å². The van der Waals surface area contributed by atoms with Gasteiger partial charge in [0.1, 0.15) is 34.6 Å². The zero-order valence-electron chi connectivity index (χ0n) is 28.1. The molecular weight excluding hydrogens is 666 g/mol. The Morgan fingerprint density at radius 3 is 2.46 bits per heavy atom. The second-order valence-corrected chi connectivity index (χ2v) is 15.0. The van der Waals surface area contributed by atoms with Crippen LogP contribution in [0.5, 0.6) is 5.75 Å². The van der Waals surface area contributed by atoms with Crippen molar-refractivity contribution >= 4 is 45.9 Å². The number of carbonyl (C=O) groups excluding carboxylic acids is 2. The number of aromatic amines is 1. The summed E-state index contributed by atoms with van der Waals surface area (Å²) in [7, 11) is 0. The Labute approximate surface area is 293 Å². The number of piperidine rings is 3. The van der Waals surface area contributed by atoms with E-state index in [0.29, 0.717) is 53.1 Å². The zero-order valence-corrected chi connectivity index (χ0v) is 28.9. The molecule has 2 amide bonds. The van der Waals surface area contributed by atoms with Crippen LogP contribution in [-0.2, 0) is 20.1 Å². The highest BCUT2D eigenvalue weighted by Gasteiger charge is 2.30. The molecule has 0 saturated carbocycles. The van der Waals surface area contributed by atoms with E-state index in [1.54, 1.807) is 23.9 Å². The Kier molecular flexibility index (Phi) is 10.9. The number of anilines is 2. The molecule has 1 aromatic heterocycles. The molecule has 0 spiro atoms. The summed E-state index contributed by atoms with van der Waals surface area (Å²) in [6.07, 6.45) is 6.45. The summed E-state index contributed by atoms with van der Waals surface area (Å²) >= 11 is 1.74. The number of halogens is 2. The maximum Gasteiger partial charge on any atom is 0.261 e. The van der Waals surface area contributed by atoms with Gasteiger partial charge in [-0.15, -0.1) is 0 Å². The van der Waals surface area contributed by atoms with Crippen molar-refractivity contribution in [2.45, 2.75) is 74.5 Å². The summed E-state index contributed by atoms with van der Waals surface area (Å²) < 4.78 is 41.5. The van der Waals surface area contributed by atoms with Gasteiger partial charge in [0.15, 0.2) is 0 Å². The minimum absolute atomic E-state index is 0.0412. The van der Waals surface area contributed by atoms with Crippen LogP contribution in [0.15, 0.2) is 35.1 Å². The number of imide groups is 1. The maximum absolute atomic E-state index is 15.0. The summed E-state index contributed by atoms with van der Waals surface area (Å²) in [6.45, 7) is 5.56. The van der Waals surface area contributed by atoms with Crippen LogP contribution in [0.25, 0.3) is 10.9 Å². The fraction of sp³-hybridized carbons (Fsp3) is 0.556. The smallest absolute Gasteiger partial charge is 0.261 e. The third-order valence-electron chi connectivity index (χ3n) is 10.4. The molecule has 4 aliphatic rings. The Balaban J connectivity index is 0.866. The zero-order chi connectivity index (χ0) is 34.6. The van der Waals surface area contributed by atoms with Gasteiger partial charge in [0.2, 0.25) is 11.8 Å². The van der Waals surface area contributed by atoms with Crippen LogP contribution >= 0.6 is 11.8 Å². The fourth-order valence-electron chi connectivity index (χ4n) is 7.46. The summed E-state index contributed by atoms with van der Waals surface area (Å²) in [5.74, 6) is 0.0593. The van der Waals surface area contributed by atoms with Gasteiger partial charge in [-0.05, 0) is 82.2 Å². The predicted molar refractivity (Wildman–Crippen MR) is 189 cm³/mol. The molecule has 5 heterocycles. The molecule has 11 nitrogen and oxygen atoms in total. The first kappa shape index (κ1) is 34.7. The lowest BCUT2D eigenvalue weighted by molar-refractivity contribution is -0.133. The van der Waals surface area contributed by atoms with Crippen LogP contribution in [0.1, 0.15) is 57.2 Å². The van der Waals surface area contributed by atoms with Crippen molar-refractivity contribution in [3.63, 3.8) is 0 Å². The number of amides is 2. The first-order chi connectivity index (χ1) is 24.3. The van der Waals surface area contributed by atoms with E-state index in [0.717, 1.165) is 83.6 Å². The topological polar surface area (TPSA) is 129 Å².